The first kappa shape index (κ1) is 15.5. The van der Waals surface area contributed by atoms with E-state index in [1.165, 1.54) is 17.1 Å². The Labute approximate surface area is 140 Å². The molecule has 118 valence electrons. The number of rotatable bonds is 6. The lowest BCUT2D eigenvalue weighted by atomic mass is 9.99. The quantitative estimate of drug-likeness (QED) is 0.733. The van der Waals surface area contributed by atoms with E-state index < -0.39 is 0 Å². The van der Waals surface area contributed by atoms with E-state index in [1.54, 1.807) is 7.11 Å². The van der Waals surface area contributed by atoms with E-state index in [0.29, 0.717) is 0 Å². The van der Waals surface area contributed by atoms with Crippen molar-refractivity contribution in [1.82, 2.24) is 9.36 Å². The molecule has 0 saturated heterocycles. The number of methoxy groups -OCH3 is 1. The van der Waals surface area contributed by atoms with Crippen molar-refractivity contribution in [2.75, 3.05) is 12.4 Å². The Morgan fingerprint density at radius 1 is 1.04 bits per heavy atom. The van der Waals surface area contributed by atoms with Crippen LogP contribution in [0.25, 0.3) is 0 Å². The van der Waals surface area contributed by atoms with Crippen molar-refractivity contribution in [2.45, 2.75) is 19.4 Å². The van der Waals surface area contributed by atoms with Crippen LogP contribution in [0.3, 0.4) is 0 Å². The van der Waals surface area contributed by atoms with Crippen molar-refractivity contribution < 1.29 is 4.74 Å². The van der Waals surface area contributed by atoms with Crippen LogP contribution in [0.4, 0.5) is 5.13 Å². The van der Waals surface area contributed by atoms with Gasteiger partial charge >= 0.3 is 0 Å². The highest BCUT2D eigenvalue weighted by Gasteiger charge is 2.16. The van der Waals surface area contributed by atoms with Gasteiger partial charge in [-0.3, -0.25) is 0 Å². The first-order valence-electron chi connectivity index (χ1n) is 7.58. The highest BCUT2D eigenvalue weighted by molar-refractivity contribution is 7.09. The molecule has 0 amide bonds. The molecule has 0 bridgehead atoms. The molecule has 23 heavy (non-hydrogen) atoms. The first-order valence-corrected chi connectivity index (χ1v) is 8.35. The van der Waals surface area contributed by atoms with Gasteiger partial charge in [0, 0.05) is 18.0 Å². The molecule has 4 nitrogen and oxygen atoms in total. The monoisotopic (exact) mass is 325 g/mol. The number of ether oxygens (including phenoxy) is 1. The van der Waals surface area contributed by atoms with Crippen LogP contribution < -0.4 is 10.1 Å². The van der Waals surface area contributed by atoms with Gasteiger partial charge in [0.1, 0.15) is 11.6 Å². The molecule has 0 saturated carbocycles. The van der Waals surface area contributed by atoms with E-state index in [2.05, 4.69) is 45.9 Å². The summed E-state index contributed by atoms with van der Waals surface area (Å²) in [6.45, 7) is 2.06. The fraction of sp³-hybridized carbons (Fsp3) is 0.222. The maximum atomic E-state index is 5.25. The fourth-order valence-electron chi connectivity index (χ4n) is 2.38. The average Bonchev–Trinajstić information content (AvgIpc) is 3.08. The van der Waals surface area contributed by atoms with E-state index in [-0.39, 0.29) is 6.04 Å². The second-order valence-electron chi connectivity index (χ2n) is 5.13. The number of nitrogens with one attached hydrogen (secondary N) is 1. The van der Waals surface area contributed by atoms with Crippen LogP contribution in [0.1, 0.15) is 29.9 Å². The van der Waals surface area contributed by atoms with Crippen LogP contribution in [-0.2, 0) is 6.42 Å². The van der Waals surface area contributed by atoms with Crippen LogP contribution in [0.5, 0.6) is 5.75 Å². The topological polar surface area (TPSA) is 47.0 Å². The predicted octanol–water partition coefficient (Wildman–Crippen LogP) is 4.31. The number of benzene rings is 2. The van der Waals surface area contributed by atoms with Gasteiger partial charge < -0.3 is 10.1 Å². The van der Waals surface area contributed by atoms with Gasteiger partial charge in [-0.15, -0.1) is 0 Å². The van der Waals surface area contributed by atoms with E-state index >= 15 is 0 Å². The molecule has 2 aromatic carbocycles. The third kappa shape index (κ3) is 3.68. The number of hydrogen-bond acceptors (Lipinski definition) is 5. The van der Waals surface area contributed by atoms with Crippen molar-refractivity contribution in [3.8, 4) is 5.75 Å². The summed E-state index contributed by atoms with van der Waals surface area (Å²) in [5.41, 5.74) is 2.34. The van der Waals surface area contributed by atoms with E-state index in [1.807, 2.05) is 30.3 Å². The smallest absolute Gasteiger partial charge is 0.203 e. The molecular formula is C18H19N3OS. The molecule has 3 aromatic rings. The minimum atomic E-state index is 0.0276. The van der Waals surface area contributed by atoms with Gasteiger partial charge in [0.15, 0.2) is 0 Å². The van der Waals surface area contributed by atoms with Gasteiger partial charge in [-0.1, -0.05) is 49.4 Å². The Morgan fingerprint density at radius 3 is 2.35 bits per heavy atom. The first-order chi connectivity index (χ1) is 11.3. The average molecular weight is 325 g/mol. The Morgan fingerprint density at radius 2 is 1.74 bits per heavy atom. The molecule has 3 rings (SSSR count). The lowest BCUT2D eigenvalue weighted by Gasteiger charge is -2.19. The van der Waals surface area contributed by atoms with E-state index in [4.69, 9.17) is 4.74 Å². The maximum Gasteiger partial charge on any atom is 0.203 e. The van der Waals surface area contributed by atoms with Crippen LogP contribution in [0, 0.1) is 0 Å². The normalized spacial score (nSPS) is 11.9. The Bertz CT molecular complexity index is 740. The standard InChI is InChI=1S/C18H19N3OS/c1-3-16-19-18(23-21-16)20-17(13-7-5-4-6-8-13)14-9-11-15(22-2)12-10-14/h4-12,17H,3H2,1-2H3,(H,19,20,21). The Balaban J connectivity index is 1.92. The zero-order chi connectivity index (χ0) is 16.1. The van der Waals surface area contributed by atoms with Gasteiger partial charge in [-0.2, -0.15) is 4.37 Å². The molecule has 0 aliphatic rings. The molecule has 5 heteroatoms. The SMILES string of the molecule is CCc1nsc(NC(c2ccccc2)c2ccc(OC)cc2)n1. The largest absolute Gasteiger partial charge is 0.497 e. The molecule has 1 N–H and O–H groups in total. The van der Waals surface area contributed by atoms with E-state index in [0.717, 1.165) is 28.7 Å². The Hall–Kier alpha value is -2.40. The highest BCUT2D eigenvalue weighted by atomic mass is 32.1. The summed E-state index contributed by atoms with van der Waals surface area (Å²) in [5.74, 6) is 1.73. The van der Waals surface area contributed by atoms with Crippen LogP contribution in [0.15, 0.2) is 54.6 Å². The third-order valence-electron chi connectivity index (χ3n) is 3.63. The molecule has 0 spiro atoms. The molecule has 1 aromatic heterocycles. The molecule has 0 aliphatic carbocycles. The summed E-state index contributed by atoms with van der Waals surface area (Å²) in [7, 11) is 1.68. The molecule has 0 fully saturated rings. The minimum Gasteiger partial charge on any atom is -0.497 e. The van der Waals surface area contributed by atoms with Crippen LogP contribution in [-0.4, -0.2) is 16.5 Å². The summed E-state index contributed by atoms with van der Waals surface area (Å²) in [6.07, 6.45) is 0.844. The van der Waals surface area contributed by atoms with Crippen molar-refractivity contribution in [2.24, 2.45) is 0 Å². The maximum absolute atomic E-state index is 5.25. The number of aryl methyl sites for hydroxylation is 1. The zero-order valence-electron chi connectivity index (χ0n) is 13.2. The van der Waals surface area contributed by atoms with Crippen molar-refractivity contribution >= 4 is 16.7 Å². The molecular weight excluding hydrogens is 306 g/mol. The summed E-state index contributed by atoms with van der Waals surface area (Å²) >= 11 is 1.40. The summed E-state index contributed by atoms with van der Waals surface area (Å²) in [6, 6.07) is 18.5. The minimum absolute atomic E-state index is 0.0276. The van der Waals surface area contributed by atoms with Crippen LogP contribution >= 0.6 is 11.5 Å². The van der Waals surface area contributed by atoms with Crippen LogP contribution in [0.2, 0.25) is 0 Å². The van der Waals surface area contributed by atoms with Gasteiger partial charge in [0.2, 0.25) is 5.13 Å². The van der Waals surface area contributed by atoms with Gasteiger partial charge in [0.25, 0.3) is 0 Å². The van der Waals surface area contributed by atoms with Crippen molar-refractivity contribution in [3.05, 3.63) is 71.5 Å². The predicted molar refractivity (Wildman–Crippen MR) is 94.2 cm³/mol. The molecule has 1 atom stereocenters. The molecule has 1 unspecified atom stereocenters. The molecule has 0 aliphatic heterocycles. The number of aromatic nitrogens is 2. The fourth-order valence-corrected chi connectivity index (χ4v) is 3.06. The lowest BCUT2D eigenvalue weighted by molar-refractivity contribution is 0.414. The van der Waals surface area contributed by atoms with E-state index in [9.17, 15) is 0 Å². The number of nitrogens with zero attached hydrogens (tertiary/aromatic N) is 2. The lowest BCUT2D eigenvalue weighted by Crippen LogP contribution is -2.12. The van der Waals surface area contributed by atoms with Gasteiger partial charge in [-0.05, 0) is 23.3 Å². The van der Waals surface area contributed by atoms with Gasteiger partial charge in [-0.25, -0.2) is 4.98 Å². The van der Waals surface area contributed by atoms with Gasteiger partial charge in [0.05, 0.1) is 13.2 Å². The molecule has 0 radical (unpaired) electrons. The Kier molecular flexibility index (Phi) is 4.88. The van der Waals surface area contributed by atoms with Crippen molar-refractivity contribution in [1.29, 1.82) is 0 Å². The zero-order valence-corrected chi connectivity index (χ0v) is 14.0. The highest BCUT2D eigenvalue weighted by Crippen LogP contribution is 2.28. The number of hydrogen-bond donors (Lipinski definition) is 1. The summed E-state index contributed by atoms with van der Waals surface area (Å²) in [5, 5.41) is 4.35. The summed E-state index contributed by atoms with van der Waals surface area (Å²) in [4.78, 5) is 4.52. The second-order valence-corrected chi connectivity index (χ2v) is 5.88. The second kappa shape index (κ2) is 7.24. The van der Waals surface area contributed by atoms with Crippen molar-refractivity contribution in [3.63, 3.8) is 0 Å². The summed E-state index contributed by atoms with van der Waals surface area (Å²) < 4.78 is 9.60. The third-order valence-corrected chi connectivity index (χ3v) is 4.32. The number of anilines is 1. The molecule has 1 heterocycles.